The van der Waals surface area contributed by atoms with E-state index in [1.807, 2.05) is 43.3 Å². The third kappa shape index (κ3) is 6.43. The average molecular weight is 355 g/mol. The molecule has 2 aromatic carbocycles. The van der Waals surface area contributed by atoms with Gasteiger partial charge in [0.2, 0.25) is 0 Å². The van der Waals surface area contributed by atoms with E-state index in [-0.39, 0.29) is 12.5 Å². The minimum atomic E-state index is -0.0984. The third-order valence-electron chi connectivity index (χ3n) is 4.23. The molecule has 2 rings (SSSR count). The zero-order valence-corrected chi connectivity index (χ0v) is 16.0. The summed E-state index contributed by atoms with van der Waals surface area (Å²) in [6.07, 6.45) is 2.73. The smallest absolute Gasteiger partial charge is 0.257 e. The number of ether oxygens (including phenoxy) is 2. The molecule has 0 bridgehead atoms. The molecule has 1 N–H and O–H groups in total. The van der Waals surface area contributed by atoms with Crippen molar-refractivity contribution in [3.63, 3.8) is 0 Å². The van der Waals surface area contributed by atoms with E-state index in [9.17, 15) is 4.79 Å². The number of rotatable bonds is 10. The van der Waals surface area contributed by atoms with Gasteiger partial charge in [-0.1, -0.05) is 31.2 Å². The van der Waals surface area contributed by atoms with Crippen LogP contribution in [0.25, 0.3) is 0 Å². The molecule has 1 amide bonds. The van der Waals surface area contributed by atoms with Crippen LogP contribution in [0.15, 0.2) is 42.5 Å². The van der Waals surface area contributed by atoms with Gasteiger partial charge < -0.3 is 14.8 Å². The molecule has 0 fully saturated rings. The van der Waals surface area contributed by atoms with Gasteiger partial charge in [-0.2, -0.15) is 0 Å². The van der Waals surface area contributed by atoms with Gasteiger partial charge in [0, 0.05) is 6.54 Å². The number of hydrogen-bond donors (Lipinski definition) is 1. The maximum absolute atomic E-state index is 11.9. The minimum absolute atomic E-state index is 0.0404. The van der Waals surface area contributed by atoms with Crippen LogP contribution in [-0.2, 0) is 11.2 Å². The molecule has 0 spiro atoms. The summed E-state index contributed by atoms with van der Waals surface area (Å²) in [5.74, 6) is 1.57. The molecule has 4 heteroatoms. The third-order valence-corrected chi connectivity index (χ3v) is 4.23. The van der Waals surface area contributed by atoms with E-state index in [0.29, 0.717) is 6.54 Å². The van der Waals surface area contributed by atoms with Gasteiger partial charge in [-0.25, -0.2) is 0 Å². The number of aryl methyl sites for hydroxylation is 3. The summed E-state index contributed by atoms with van der Waals surface area (Å²) in [6, 6.07) is 13.9. The second-order valence-electron chi connectivity index (χ2n) is 6.44. The standard InChI is InChI=1S/C22H29NO3/c1-4-14-25-21-10-6-5-8-19(21)9-7-13-23-22(24)16-26-20-12-11-17(2)18(3)15-20/h5-6,8,10-12,15H,4,7,9,13-14,16H2,1-3H3,(H,23,24). The van der Waals surface area contributed by atoms with Crippen molar-refractivity contribution in [3.05, 3.63) is 59.2 Å². The van der Waals surface area contributed by atoms with Crippen molar-refractivity contribution in [2.24, 2.45) is 0 Å². The molecular formula is C22H29NO3. The van der Waals surface area contributed by atoms with Gasteiger partial charge in [-0.05, 0) is 68.0 Å². The van der Waals surface area contributed by atoms with Gasteiger partial charge in [-0.3, -0.25) is 4.79 Å². The predicted molar refractivity (Wildman–Crippen MR) is 105 cm³/mol. The lowest BCUT2D eigenvalue weighted by molar-refractivity contribution is -0.123. The lowest BCUT2D eigenvalue weighted by Crippen LogP contribution is -2.29. The Hall–Kier alpha value is -2.49. The SMILES string of the molecule is CCCOc1ccccc1CCCNC(=O)COc1ccc(C)c(C)c1. The number of benzene rings is 2. The van der Waals surface area contributed by atoms with Gasteiger partial charge in [0.05, 0.1) is 6.61 Å². The van der Waals surface area contributed by atoms with E-state index in [2.05, 4.69) is 25.2 Å². The Morgan fingerprint density at radius 1 is 1.04 bits per heavy atom. The van der Waals surface area contributed by atoms with Crippen molar-refractivity contribution in [2.45, 2.75) is 40.0 Å². The highest BCUT2D eigenvalue weighted by atomic mass is 16.5. The van der Waals surface area contributed by atoms with E-state index in [4.69, 9.17) is 9.47 Å². The molecule has 26 heavy (non-hydrogen) atoms. The van der Waals surface area contributed by atoms with E-state index >= 15 is 0 Å². The summed E-state index contributed by atoms with van der Waals surface area (Å²) in [5.41, 5.74) is 3.55. The normalized spacial score (nSPS) is 10.4. The summed E-state index contributed by atoms with van der Waals surface area (Å²) in [6.45, 7) is 7.57. The minimum Gasteiger partial charge on any atom is -0.493 e. The highest BCUT2D eigenvalue weighted by molar-refractivity contribution is 5.77. The van der Waals surface area contributed by atoms with Crippen LogP contribution in [0.1, 0.15) is 36.5 Å². The van der Waals surface area contributed by atoms with Gasteiger partial charge in [0.15, 0.2) is 6.61 Å². The van der Waals surface area contributed by atoms with E-state index in [0.717, 1.165) is 42.9 Å². The Balaban J connectivity index is 1.69. The van der Waals surface area contributed by atoms with Crippen LogP contribution >= 0.6 is 0 Å². The lowest BCUT2D eigenvalue weighted by atomic mass is 10.1. The molecule has 0 aliphatic heterocycles. The first kappa shape index (κ1) is 19.8. The van der Waals surface area contributed by atoms with Crippen molar-refractivity contribution < 1.29 is 14.3 Å². The van der Waals surface area contributed by atoms with Crippen molar-refractivity contribution in [1.82, 2.24) is 5.32 Å². The molecule has 0 saturated heterocycles. The van der Waals surface area contributed by atoms with Gasteiger partial charge >= 0.3 is 0 Å². The highest BCUT2D eigenvalue weighted by Gasteiger charge is 2.05. The molecule has 2 aromatic rings. The quantitative estimate of drug-likeness (QED) is 0.649. The lowest BCUT2D eigenvalue weighted by Gasteiger charge is -2.11. The molecule has 0 aliphatic rings. The number of para-hydroxylation sites is 1. The first-order chi connectivity index (χ1) is 12.6. The van der Waals surface area contributed by atoms with Gasteiger partial charge in [-0.15, -0.1) is 0 Å². The van der Waals surface area contributed by atoms with Gasteiger partial charge in [0.25, 0.3) is 5.91 Å². The van der Waals surface area contributed by atoms with Crippen LogP contribution in [0.3, 0.4) is 0 Å². The molecule has 0 aliphatic carbocycles. The zero-order chi connectivity index (χ0) is 18.8. The van der Waals surface area contributed by atoms with E-state index < -0.39 is 0 Å². The van der Waals surface area contributed by atoms with Crippen molar-refractivity contribution in [3.8, 4) is 11.5 Å². The molecule has 0 unspecified atom stereocenters. The summed E-state index contributed by atoms with van der Waals surface area (Å²) in [4.78, 5) is 11.9. The fraction of sp³-hybridized carbons (Fsp3) is 0.409. The average Bonchev–Trinajstić information content (AvgIpc) is 2.65. The molecular weight excluding hydrogens is 326 g/mol. The number of carbonyl (C=O) groups excluding carboxylic acids is 1. The topological polar surface area (TPSA) is 47.6 Å². The van der Waals surface area contributed by atoms with Crippen LogP contribution in [-0.4, -0.2) is 25.7 Å². The molecule has 4 nitrogen and oxygen atoms in total. The first-order valence-electron chi connectivity index (χ1n) is 9.27. The van der Waals surface area contributed by atoms with Crippen LogP contribution in [0, 0.1) is 13.8 Å². The Bertz CT molecular complexity index is 712. The number of amides is 1. The summed E-state index contributed by atoms with van der Waals surface area (Å²) < 4.78 is 11.3. The number of carbonyl (C=O) groups is 1. The highest BCUT2D eigenvalue weighted by Crippen LogP contribution is 2.19. The van der Waals surface area contributed by atoms with E-state index in [1.54, 1.807) is 0 Å². The van der Waals surface area contributed by atoms with Crippen LogP contribution in [0.2, 0.25) is 0 Å². The Kier molecular flexibility index (Phi) is 8.00. The second kappa shape index (κ2) is 10.5. The summed E-state index contributed by atoms with van der Waals surface area (Å²) in [5, 5.41) is 2.91. The maximum Gasteiger partial charge on any atom is 0.257 e. The van der Waals surface area contributed by atoms with Crippen LogP contribution < -0.4 is 14.8 Å². The molecule has 0 aromatic heterocycles. The zero-order valence-electron chi connectivity index (χ0n) is 16.0. The number of hydrogen-bond acceptors (Lipinski definition) is 3. The molecule has 140 valence electrons. The molecule has 0 atom stereocenters. The largest absolute Gasteiger partial charge is 0.493 e. The van der Waals surface area contributed by atoms with Crippen LogP contribution in [0.4, 0.5) is 0 Å². The summed E-state index contributed by atoms with van der Waals surface area (Å²) in [7, 11) is 0. The molecule has 0 saturated carbocycles. The Morgan fingerprint density at radius 2 is 1.85 bits per heavy atom. The van der Waals surface area contributed by atoms with E-state index in [1.165, 1.54) is 11.1 Å². The second-order valence-corrected chi connectivity index (χ2v) is 6.44. The monoisotopic (exact) mass is 355 g/mol. The fourth-order valence-corrected chi connectivity index (χ4v) is 2.57. The van der Waals surface area contributed by atoms with Gasteiger partial charge in [0.1, 0.15) is 11.5 Å². The maximum atomic E-state index is 11.9. The Morgan fingerprint density at radius 3 is 2.62 bits per heavy atom. The van der Waals surface area contributed by atoms with Crippen molar-refractivity contribution in [2.75, 3.05) is 19.8 Å². The predicted octanol–water partition coefficient (Wildman–Crippen LogP) is 4.22. The first-order valence-corrected chi connectivity index (χ1v) is 9.27. The molecule has 0 radical (unpaired) electrons. The van der Waals surface area contributed by atoms with Crippen LogP contribution in [0.5, 0.6) is 11.5 Å². The number of nitrogens with one attached hydrogen (secondary N) is 1. The molecule has 0 heterocycles. The van der Waals surface area contributed by atoms with Crippen molar-refractivity contribution >= 4 is 5.91 Å². The Labute approximate surface area is 156 Å². The fourth-order valence-electron chi connectivity index (χ4n) is 2.57. The van der Waals surface area contributed by atoms with Crippen molar-refractivity contribution in [1.29, 1.82) is 0 Å². The summed E-state index contributed by atoms with van der Waals surface area (Å²) >= 11 is 0.